The van der Waals surface area contributed by atoms with Gasteiger partial charge in [-0.3, -0.25) is 9.69 Å². The van der Waals surface area contributed by atoms with E-state index in [1.807, 2.05) is 0 Å². The minimum atomic E-state index is 0.385. The predicted octanol–water partition coefficient (Wildman–Crippen LogP) is 1.61. The van der Waals surface area contributed by atoms with E-state index in [2.05, 4.69) is 4.90 Å². The largest absolute Gasteiger partial charge is 0.380 e. The lowest BCUT2D eigenvalue weighted by atomic mass is 9.91. The van der Waals surface area contributed by atoms with Crippen molar-refractivity contribution in [2.75, 3.05) is 20.2 Å². The van der Waals surface area contributed by atoms with Crippen LogP contribution in [0.3, 0.4) is 0 Å². The highest BCUT2D eigenvalue weighted by Crippen LogP contribution is 2.24. The van der Waals surface area contributed by atoms with Gasteiger partial charge >= 0.3 is 0 Å². The van der Waals surface area contributed by atoms with Crippen molar-refractivity contribution in [3.8, 4) is 0 Å². The Hall–Kier alpha value is -0.410. The molecule has 2 unspecified atom stereocenters. The molecule has 0 aromatic carbocycles. The Bertz CT molecular complexity index is 230. The van der Waals surface area contributed by atoms with E-state index in [9.17, 15) is 4.79 Å². The summed E-state index contributed by atoms with van der Waals surface area (Å²) >= 11 is 0. The Morgan fingerprint density at radius 3 is 2.93 bits per heavy atom. The molecule has 3 heteroatoms. The number of carbonyl (C=O) groups excluding carboxylic acids is 1. The van der Waals surface area contributed by atoms with Gasteiger partial charge in [0.05, 0.1) is 6.10 Å². The first-order valence-corrected chi connectivity index (χ1v) is 6.08. The number of likely N-dealkylation sites (tertiary alicyclic amines) is 1. The standard InChI is InChI=1S/C12H21NO2/c1-15-12-6-3-7-13(9-12)10-4-2-5-11(14)8-10/h10,12H,2-9H2,1H3. The Balaban J connectivity index is 1.88. The maximum Gasteiger partial charge on any atom is 0.134 e. The van der Waals surface area contributed by atoms with Gasteiger partial charge in [-0.25, -0.2) is 0 Å². The number of rotatable bonds is 2. The molecule has 0 aromatic heterocycles. The van der Waals surface area contributed by atoms with E-state index in [1.54, 1.807) is 7.11 Å². The van der Waals surface area contributed by atoms with Crippen LogP contribution in [0, 0.1) is 0 Å². The Kier molecular flexibility index (Phi) is 3.76. The highest BCUT2D eigenvalue weighted by molar-refractivity contribution is 5.79. The molecule has 2 atom stereocenters. The molecule has 1 aliphatic carbocycles. The van der Waals surface area contributed by atoms with Gasteiger partial charge in [0, 0.05) is 32.5 Å². The molecule has 3 nitrogen and oxygen atoms in total. The number of ether oxygens (including phenoxy) is 1. The fraction of sp³-hybridized carbons (Fsp3) is 0.917. The number of methoxy groups -OCH3 is 1. The van der Waals surface area contributed by atoms with Crippen LogP contribution in [-0.2, 0) is 9.53 Å². The van der Waals surface area contributed by atoms with Crippen molar-refractivity contribution >= 4 is 5.78 Å². The zero-order valence-corrected chi connectivity index (χ0v) is 9.58. The number of ketones is 1. The third kappa shape index (κ3) is 2.79. The van der Waals surface area contributed by atoms with Gasteiger partial charge in [0.25, 0.3) is 0 Å². The number of hydrogen-bond acceptors (Lipinski definition) is 3. The van der Waals surface area contributed by atoms with Crippen LogP contribution in [0.5, 0.6) is 0 Å². The fourth-order valence-corrected chi connectivity index (χ4v) is 2.80. The van der Waals surface area contributed by atoms with Crippen LogP contribution in [0.15, 0.2) is 0 Å². The molecule has 2 fully saturated rings. The van der Waals surface area contributed by atoms with Gasteiger partial charge in [-0.2, -0.15) is 0 Å². The van der Waals surface area contributed by atoms with Crippen molar-refractivity contribution in [2.24, 2.45) is 0 Å². The normalized spacial score (nSPS) is 34.3. The van der Waals surface area contributed by atoms with E-state index in [0.29, 0.717) is 17.9 Å². The van der Waals surface area contributed by atoms with Gasteiger partial charge in [0.2, 0.25) is 0 Å². The van der Waals surface area contributed by atoms with Gasteiger partial charge < -0.3 is 4.74 Å². The van der Waals surface area contributed by atoms with Gasteiger partial charge in [0.1, 0.15) is 5.78 Å². The van der Waals surface area contributed by atoms with Crippen molar-refractivity contribution in [1.29, 1.82) is 0 Å². The zero-order chi connectivity index (χ0) is 10.7. The Morgan fingerprint density at radius 1 is 1.33 bits per heavy atom. The van der Waals surface area contributed by atoms with Crippen LogP contribution in [-0.4, -0.2) is 43.0 Å². The number of hydrogen-bond donors (Lipinski definition) is 0. The lowest BCUT2D eigenvalue weighted by Crippen LogP contribution is -2.47. The van der Waals surface area contributed by atoms with E-state index in [4.69, 9.17) is 4.74 Å². The van der Waals surface area contributed by atoms with E-state index < -0.39 is 0 Å². The average Bonchev–Trinajstić information content (AvgIpc) is 2.29. The van der Waals surface area contributed by atoms with Crippen LogP contribution in [0.25, 0.3) is 0 Å². The molecule has 0 radical (unpaired) electrons. The second-order valence-corrected chi connectivity index (χ2v) is 4.78. The number of carbonyl (C=O) groups is 1. The summed E-state index contributed by atoms with van der Waals surface area (Å²) in [6, 6.07) is 0.504. The molecule has 2 aliphatic rings. The molecular formula is C12H21NO2. The van der Waals surface area contributed by atoms with E-state index in [-0.39, 0.29) is 0 Å². The fourth-order valence-electron chi connectivity index (χ4n) is 2.80. The maximum atomic E-state index is 11.4. The highest BCUT2D eigenvalue weighted by atomic mass is 16.5. The summed E-state index contributed by atoms with van der Waals surface area (Å²) in [5.74, 6) is 0.450. The molecule has 1 saturated heterocycles. The monoisotopic (exact) mass is 211 g/mol. The summed E-state index contributed by atoms with van der Waals surface area (Å²) < 4.78 is 5.41. The van der Waals surface area contributed by atoms with Gasteiger partial charge in [-0.1, -0.05) is 0 Å². The second kappa shape index (κ2) is 5.08. The number of Topliss-reactive ketones (excluding diaryl/α,β-unsaturated/α-hetero) is 1. The summed E-state index contributed by atoms with van der Waals surface area (Å²) in [7, 11) is 1.79. The van der Waals surface area contributed by atoms with Gasteiger partial charge in [-0.05, 0) is 32.2 Å². The molecule has 2 rings (SSSR count). The summed E-state index contributed by atoms with van der Waals surface area (Å²) in [6.07, 6.45) is 6.63. The van der Waals surface area contributed by atoms with Crippen LogP contribution < -0.4 is 0 Å². The average molecular weight is 211 g/mol. The van der Waals surface area contributed by atoms with Crippen LogP contribution in [0.1, 0.15) is 38.5 Å². The van der Waals surface area contributed by atoms with Crippen molar-refractivity contribution in [3.05, 3.63) is 0 Å². The first kappa shape index (κ1) is 11.1. The van der Waals surface area contributed by atoms with E-state index >= 15 is 0 Å². The third-order valence-electron chi connectivity index (χ3n) is 3.72. The van der Waals surface area contributed by atoms with E-state index in [0.717, 1.165) is 32.4 Å². The third-order valence-corrected chi connectivity index (χ3v) is 3.72. The van der Waals surface area contributed by atoms with Gasteiger partial charge in [-0.15, -0.1) is 0 Å². The number of piperidine rings is 1. The lowest BCUT2D eigenvalue weighted by molar-refractivity contribution is -0.122. The smallest absolute Gasteiger partial charge is 0.134 e. The Morgan fingerprint density at radius 2 is 2.20 bits per heavy atom. The van der Waals surface area contributed by atoms with Crippen molar-refractivity contribution < 1.29 is 9.53 Å². The van der Waals surface area contributed by atoms with Crippen LogP contribution in [0.2, 0.25) is 0 Å². The van der Waals surface area contributed by atoms with Crippen molar-refractivity contribution in [3.63, 3.8) is 0 Å². The zero-order valence-electron chi connectivity index (χ0n) is 9.58. The van der Waals surface area contributed by atoms with Crippen molar-refractivity contribution in [2.45, 2.75) is 50.7 Å². The maximum absolute atomic E-state index is 11.4. The topological polar surface area (TPSA) is 29.5 Å². The molecule has 0 amide bonds. The van der Waals surface area contributed by atoms with Crippen LogP contribution >= 0.6 is 0 Å². The van der Waals surface area contributed by atoms with Crippen LogP contribution in [0.4, 0.5) is 0 Å². The Labute approximate surface area is 91.8 Å². The molecule has 0 spiro atoms. The first-order chi connectivity index (χ1) is 7.29. The van der Waals surface area contributed by atoms with Crippen molar-refractivity contribution in [1.82, 2.24) is 4.90 Å². The highest BCUT2D eigenvalue weighted by Gasteiger charge is 2.29. The molecule has 1 aliphatic heterocycles. The first-order valence-electron chi connectivity index (χ1n) is 6.08. The SMILES string of the molecule is COC1CCCN(C2CCCC(=O)C2)C1. The summed E-state index contributed by atoms with van der Waals surface area (Å²) in [4.78, 5) is 13.9. The molecular weight excluding hydrogens is 190 g/mol. The molecule has 1 saturated carbocycles. The minimum absolute atomic E-state index is 0.385. The lowest BCUT2D eigenvalue weighted by Gasteiger charge is -2.39. The summed E-state index contributed by atoms with van der Waals surface area (Å²) in [5.41, 5.74) is 0. The molecule has 0 bridgehead atoms. The predicted molar refractivity (Wildman–Crippen MR) is 58.9 cm³/mol. The number of nitrogens with zero attached hydrogens (tertiary/aromatic N) is 1. The molecule has 15 heavy (non-hydrogen) atoms. The molecule has 0 aromatic rings. The van der Waals surface area contributed by atoms with Gasteiger partial charge in [0.15, 0.2) is 0 Å². The second-order valence-electron chi connectivity index (χ2n) is 4.78. The summed E-state index contributed by atoms with van der Waals surface area (Å²) in [5, 5.41) is 0. The minimum Gasteiger partial charge on any atom is -0.380 e. The van der Waals surface area contributed by atoms with E-state index in [1.165, 1.54) is 19.3 Å². The molecule has 1 heterocycles. The molecule has 0 N–H and O–H groups in total. The quantitative estimate of drug-likeness (QED) is 0.695. The molecule has 86 valence electrons. The summed E-state index contributed by atoms with van der Waals surface area (Å²) in [6.45, 7) is 2.17.